The standard InChI is InChI=1S/C13H28O2/c1-6-10-11(5)12(14)13(7-2,8-3)15-9-4/h11-12,14H,6-10H2,1-5H3. The van der Waals surface area contributed by atoms with Gasteiger partial charge in [0.15, 0.2) is 0 Å². The van der Waals surface area contributed by atoms with Gasteiger partial charge in [-0.1, -0.05) is 34.1 Å². The third-order valence-electron chi connectivity index (χ3n) is 3.45. The van der Waals surface area contributed by atoms with Gasteiger partial charge >= 0.3 is 0 Å². The van der Waals surface area contributed by atoms with Crippen LogP contribution in [0.4, 0.5) is 0 Å². The van der Waals surface area contributed by atoms with Gasteiger partial charge in [0.2, 0.25) is 0 Å². The van der Waals surface area contributed by atoms with E-state index in [4.69, 9.17) is 4.74 Å². The lowest BCUT2D eigenvalue weighted by molar-refractivity contribution is -0.142. The molecule has 2 atom stereocenters. The highest BCUT2D eigenvalue weighted by Gasteiger charge is 2.37. The summed E-state index contributed by atoms with van der Waals surface area (Å²) in [5, 5.41) is 10.4. The van der Waals surface area contributed by atoms with E-state index in [1.54, 1.807) is 0 Å². The zero-order valence-electron chi connectivity index (χ0n) is 11.0. The summed E-state index contributed by atoms with van der Waals surface area (Å²) in [5.74, 6) is 0.321. The molecule has 0 heterocycles. The molecule has 15 heavy (non-hydrogen) atoms. The Balaban J connectivity index is 4.58. The van der Waals surface area contributed by atoms with Gasteiger partial charge in [0, 0.05) is 6.61 Å². The first-order valence-corrected chi connectivity index (χ1v) is 6.39. The lowest BCUT2D eigenvalue weighted by Gasteiger charge is -2.39. The van der Waals surface area contributed by atoms with Crippen LogP contribution in [0, 0.1) is 5.92 Å². The predicted molar refractivity (Wildman–Crippen MR) is 65.0 cm³/mol. The minimum atomic E-state index is -0.340. The molecule has 0 aliphatic rings. The van der Waals surface area contributed by atoms with Crippen molar-refractivity contribution in [1.29, 1.82) is 0 Å². The van der Waals surface area contributed by atoms with Crippen LogP contribution in [0.25, 0.3) is 0 Å². The van der Waals surface area contributed by atoms with E-state index >= 15 is 0 Å². The summed E-state index contributed by atoms with van der Waals surface area (Å²) in [6.45, 7) is 11.1. The Bertz CT molecular complexity index is 153. The zero-order chi connectivity index (χ0) is 11.9. The molecule has 1 N–H and O–H groups in total. The molecule has 0 aromatic carbocycles. The second-order valence-corrected chi connectivity index (χ2v) is 4.42. The van der Waals surface area contributed by atoms with Gasteiger partial charge in [-0.2, -0.15) is 0 Å². The SMILES string of the molecule is CCCC(C)C(O)C(CC)(CC)OCC. The van der Waals surface area contributed by atoms with Crippen LogP contribution in [0.5, 0.6) is 0 Å². The van der Waals surface area contributed by atoms with Crippen LogP contribution in [0.15, 0.2) is 0 Å². The number of rotatable bonds is 8. The Hall–Kier alpha value is -0.0800. The van der Waals surface area contributed by atoms with E-state index in [1.807, 2.05) is 6.92 Å². The molecular weight excluding hydrogens is 188 g/mol. The normalized spacial score (nSPS) is 16.4. The van der Waals surface area contributed by atoms with Crippen LogP contribution >= 0.6 is 0 Å². The zero-order valence-corrected chi connectivity index (χ0v) is 11.0. The summed E-state index contributed by atoms with van der Waals surface area (Å²) >= 11 is 0. The summed E-state index contributed by atoms with van der Waals surface area (Å²) in [6.07, 6.45) is 3.61. The number of hydrogen-bond donors (Lipinski definition) is 1. The van der Waals surface area contributed by atoms with Crippen molar-refractivity contribution in [3.8, 4) is 0 Å². The molecule has 0 aromatic rings. The fraction of sp³-hybridized carbons (Fsp3) is 1.00. The third-order valence-corrected chi connectivity index (χ3v) is 3.45. The third kappa shape index (κ3) is 3.76. The summed E-state index contributed by atoms with van der Waals surface area (Å²) < 4.78 is 5.81. The molecule has 2 nitrogen and oxygen atoms in total. The van der Waals surface area contributed by atoms with E-state index in [9.17, 15) is 5.11 Å². The van der Waals surface area contributed by atoms with Crippen molar-refractivity contribution in [2.24, 2.45) is 5.92 Å². The van der Waals surface area contributed by atoms with Crippen molar-refractivity contribution >= 4 is 0 Å². The molecular formula is C13H28O2. The van der Waals surface area contributed by atoms with Crippen LogP contribution in [-0.4, -0.2) is 23.4 Å². The molecule has 92 valence electrons. The summed E-state index contributed by atoms with van der Waals surface area (Å²) in [5.41, 5.74) is -0.330. The van der Waals surface area contributed by atoms with E-state index in [0.29, 0.717) is 12.5 Å². The largest absolute Gasteiger partial charge is 0.390 e. The van der Waals surface area contributed by atoms with Crippen molar-refractivity contribution in [3.63, 3.8) is 0 Å². The van der Waals surface area contributed by atoms with Gasteiger partial charge < -0.3 is 9.84 Å². The molecule has 0 aromatic heterocycles. The average molecular weight is 216 g/mol. The van der Waals surface area contributed by atoms with Crippen molar-refractivity contribution in [3.05, 3.63) is 0 Å². The molecule has 0 radical (unpaired) electrons. The number of aliphatic hydroxyl groups excluding tert-OH is 1. The van der Waals surface area contributed by atoms with E-state index in [2.05, 4.69) is 27.7 Å². The number of ether oxygens (including phenoxy) is 1. The van der Waals surface area contributed by atoms with Gasteiger partial charge in [0.25, 0.3) is 0 Å². The minimum absolute atomic E-state index is 0.321. The van der Waals surface area contributed by atoms with Gasteiger partial charge in [-0.15, -0.1) is 0 Å². The van der Waals surface area contributed by atoms with Crippen molar-refractivity contribution in [2.45, 2.75) is 72.0 Å². The van der Waals surface area contributed by atoms with Crippen molar-refractivity contribution in [1.82, 2.24) is 0 Å². The van der Waals surface area contributed by atoms with Crippen LogP contribution in [0.1, 0.15) is 60.3 Å². The monoisotopic (exact) mass is 216 g/mol. The Morgan fingerprint density at radius 2 is 1.67 bits per heavy atom. The first kappa shape index (κ1) is 14.9. The number of aliphatic hydroxyl groups is 1. The number of hydrogen-bond acceptors (Lipinski definition) is 2. The first-order chi connectivity index (χ1) is 7.07. The van der Waals surface area contributed by atoms with E-state index in [-0.39, 0.29) is 11.7 Å². The molecule has 0 aliphatic carbocycles. The summed E-state index contributed by atoms with van der Waals surface area (Å²) in [6, 6.07) is 0. The van der Waals surface area contributed by atoms with Gasteiger partial charge in [-0.3, -0.25) is 0 Å². The fourth-order valence-electron chi connectivity index (χ4n) is 2.38. The van der Waals surface area contributed by atoms with E-state index in [1.165, 1.54) is 0 Å². The molecule has 0 saturated carbocycles. The molecule has 0 rings (SSSR count). The Kier molecular flexibility index (Phi) is 7.20. The molecule has 0 bridgehead atoms. The van der Waals surface area contributed by atoms with Gasteiger partial charge in [0.1, 0.15) is 0 Å². The fourth-order valence-corrected chi connectivity index (χ4v) is 2.38. The van der Waals surface area contributed by atoms with E-state index < -0.39 is 0 Å². The van der Waals surface area contributed by atoms with Crippen LogP contribution in [0.3, 0.4) is 0 Å². The van der Waals surface area contributed by atoms with Gasteiger partial charge in [0.05, 0.1) is 11.7 Å². The Morgan fingerprint density at radius 1 is 1.13 bits per heavy atom. The first-order valence-electron chi connectivity index (χ1n) is 6.39. The van der Waals surface area contributed by atoms with Gasteiger partial charge in [-0.25, -0.2) is 0 Å². The minimum Gasteiger partial charge on any atom is -0.390 e. The molecule has 0 aliphatic heterocycles. The quantitative estimate of drug-likeness (QED) is 0.674. The lowest BCUT2D eigenvalue weighted by Crippen LogP contribution is -2.47. The lowest BCUT2D eigenvalue weighted by atomic mass is 9.81. The van der Waals surface area contributed by atoms with E-state index in [0.717, 1.165) is 25.7 Å². The van der Waals surface area contributed by atoms with Crippen molar-refractivity contribution in [2.75, 3.05) is 6.61 Å². The summed E-state index contributed by atoms with van der Waals surface area (Å²) in [4.78, 5) is 0. The highest BCUT2D eigenvalue weighted by atomic mass is 16.5. The van der Waals surface area contributed by atoms with Crippen LogP contribution < -0.4 is 0 Å². The molecule has 2 heteroatoms. The second-order valence-electron chi connectivity index (χ2n) is 4.42. The highest BCUT2D eigenvalue weighted by molar-refractivity contribution is 4.89. The predicted octanol–water partition coefficient (Wildman–Crippen LogP) is 3.38. The van der Waals surface area contributed by atoms with Crippen molar-refractivity contribution < 1.29 is 9.84 Å². The Labute approximate surface area is 95.0 Å². The van der Waals surface area contributed by atoms with Gasteiger partial charge in [-0.05, 0) is 32.1 Å². The Morgan fingerprint density at radius 3 is 2.00 bits per heavy atom. The van der Waals surface area contributed by atoms with Crippen LogP contribution in [0.2, 0.25) is 0 Å². The maximum absolute atomic E-state index is 10.4. The second kappa shape index (κ2) is 7.24. The smallest absolute Gasteiger partial charge is 0.0937 e. The topological polar surface area (TPSA) is 29.5 Å². The average Bonchev–Trinajstić information content (AvgIpc) is 2.25. The molecule has 0 spiro atoms. The highest BCUT2D eigenvalue weighted by Crippen LogP contribution is 2.30. The summed E-state index contributed by atoms with van der Waals surface area (Å²) in [7, 11) is 0. The molecule has 2 unspecified atom stereocenters. The maximum atomic E-state index is 10.4. The van der Waals surface area contributed by atoms with Crippen LogP contribution in [-0.2, 0) is 4.74 Å². The molecule has 0 fully saturated rings. The molecule has 0 saturated heterocycles. The maximum Gasteiger partial charge on any atom is 0.0937 e. The molecule has 0 amide bonds.